The van der Waals surface area contributed by atoms with Crippen molar-refractivity contribution in [3.8, 4) is 0 Å². The average molecular weight is 407 g/mol. The Hall–Kier alpha value is -1.86. The lowest BCUT2D eigenvalue weighted by molar-refractivity contribution is -0.129. The molecule has 0 saturated carbocycles. The molecule has 0 radical (unpaired) electrons. The van der Waals surface area contributed by atoms with Crippen LogP contribution in [-0.2, 0) is 4.79 Å². The molecule has 2 atom stereocenters. The molecule has 144 valence electrons. The van der Waals surface area contributed by atoms with Crippen molar-refractivity contribution in [2.45, 2.75) is 31.4 Å². The van der Waals surface area contributed by atoms with Gasteiger partial charge in [-0.05, 0) is 62.0 Å². The first-order chi connectivity index (χ1) is 12.9. The lowest BCUT2D eigenvalue weighted by atomic mass is 10.2. The summed E-state index contributed by atoms with van der Waals surface area (Å²) < 4.78 is 13.1. The van der Waals surface area contributed by atoms with Crippen LogP contribution in [0.3, 0.4) is 0 Å². The van der Waals surface area contributed by atoms with Crippen molar-refractivity contribution in [1.29, 1.82) is 0 Å². The number of thiophene rings is 1. The normalized spacial score (nSPS) is 19.6. The number of carbonyl (C=O) groups excluding carboxylic acids is 2. The maximum absolute atomic E-state index is 13.1. The van der Waals surface area contributed by atoms with E-state index >= 15 is 0 Å². The van der Waals surface area contributed by atoms with Crippen LogP contribution in [0.4, 0.5) is 4.39 Å². The monoisotopic (exact) mass is 406 g/mol. The Morgan fingerprint density at radius 2 is 1.96 bits per heavy atom. The Bertz CT molecular complexity index is 822. The first-order valence-corrected chi connectivity index (χ1v) is 10.8. The second kappa shape index (κ2) is 8.44. The number of aryl methyl sites for hydroxylation is 1. The van der Waals surface area contributed by atoms with Crippen LogP contribution < -0.4 is 0 Å². The van der Waals surface area contributed by atoms with Gasteiger partial charge in [0.1, 0.15) is 11.2 Å². The fraction of sp³-hybridized carbons (Fsp3) is 0.400. The van der Waals surface area contributed by atoms with Crippen LogP contribution in [0, 0.1) is 12.7 Å². The number of rotatable bonds is 6. The third-order valence-corrected chi connectivity index (χ3v) is 7.32. The Morgan fingerprint density at radius 1 is 1.26 bits per heavy atom. The van der Waals surface area contributed by atoms with E-state index in [-0.39, 0.29) is 28.3 Å². The van der Waals surface area contributed by atoms with E-state index in [1.165, 1.54) is 34.7 Å². The molecule has 1 saturated heterocycles. The van der Waals surface area contributed by atoms with Gasteiger partial charge in [-0.15, -0.1) is 23.1 Å². The summed E-state index contributed by atoms with van der Waals surface area (Å²) in [6.07, 6.45) is 0. The van der Waals surface area contributed by atoms with E-state index in [2.05, 4.69) is 13.0 Å². The minimum Gasteiger partial charge on any atom is -0.337 e. The molecule has 4 nitrogen and oxygen atoms in total. The molecule has 1 aromatic heterocycles. The van der Waals surface area contributed by atoms with Gasteiger partial charge >= 0.3 is 0 Å². The third-order valence-electron chi connectivity index (χ3n) is 4.74. The van der Waals surface area contributed by atoms with E-state index < -0.39 is 0 Å². The molecule has 2 amide bonds. The number of carbonyl (C=O) groups is 2. The zero-order chi connectivity index (χ0) is 19.6. The Balaban J connectivity index is 1.72. The quantitative estimate of drug-likeness (QED) is 0.717. The smallest absolute Gasteiger partial charge is 0.253 e. The summed E-state index contributed by atoms with van der Waals surface area (Å²) in [7, 11) is 0. The predicted octanol–water partition coefficient (Wildman–Crippen LogP) is 4.32. The highest BCUT2D eigenvalue weighted by Gasteiger charge is 2.39. The standard InChI is InChI=1S/C20H23FN2O2S2/c1-4-22(19(25)15-5-7-16(21)8-6-15)10-11-23-18(24)14(3)27-20(23)17-13(2)9-12-26-17/h5-9,12,14,20H,4,10-11H2,1-3H3/t14-,20+/m1/s1. The molecule has 1 aromatic carbocycles. The van der Waals surface area contributed by atoms with Gasteiger partial charge in [-0.2, -0.15) is 0 Å². The van der Waals surface area contributed by atoms with E-state index in [1.807, 2.05) is 24.1 Å². The topological polar surface area (TPSA) is 40.6 Å². The number of thioether (sulfide) groups is 1. The number of halogens is 1. The summed E-state index contributed by atoms with van der Waals surface area (Å²) in [4.78, 5) is 30.1. The second-order valence-corrected chi connectivity index (χ2v) is 8.90. The first-order valence-electron chi connectivity index (χ1n) is 8.97. The molecular weight excluding hydrogens is 383 g/mol. The SMILES string of the molecule is CCN(CCN1C(=O)[C@@H](C)S[C@H]1c1sccc1C)C(=O)c1ccc(F)cc1. The Labute approximate surface area is 167 Å². The summed E-state index contributed by atoms with van der Waals surface area (Å²) in [5.74, 6) is -0.394. The minimum absolute atomic E-state index is 0.00660. The number of benzene rings is 1. The number of nitrogens with zero attached hydrogens (tertiary/aromatic N) is 2. The van der Waals surface area contributed by atoms with Crippen LogP contribution in [0.1, 0.15) is 40.0 Å². The van der Waals surface area contributed by atoms with Crippen molar-refractivity contribution in [3.63, 3.8) is 0 Å². The van der Waals surface area contributed by atoms with E-state index in [0.29, 0.717) is 25.2 Å². The highest BCUT2D eigenvalue weighted by atomic mass is 32.2. The second-order valence-electron chi connectivity index (χ2n) is 6.52. The van der Waals surface area contributed by atoms with Crippen LogP contribution in [-0.4, -0.2) is 46.5 Å². The fourth-order valence-corrected chi connectivity index (χ4v) is 5.70. The summed E-state index contributed by atoms with van der Waals surface area (Å²) in [6.45, 7) is 7.37. The first kappa shape index (κ1) is 19.9. The van der Waals surface area contributed by atoms with Gasteiger partial charge in [0.2, 0.25) is 5.91 Å². The van der Waals surface area contributed by atoms with Crippen LogP contribution in [0.2, 0.25) is 0 Å². The predicted molar refractivity (Wildman–Crippen MR) is 109 cm³/mol. The van der Waals surface area contributed by atoms with Crippen LogP contribution in [0.25, 0.3) is 0 Å². The molecule has 0 bridgehead atoms. The molecule has 0 spiro atoms. The van der Waals surface area contributed by atoms with Gasteiger partial charge in [-0.25, -0.2) is 4.39 Å². The van der Waals surface area contributed by atoms with Crippen molar-refractivity contribution in [2.24, 2.45) is 0 Å². The fourth-order valence-electron chi connectivity index (χ4n) is 3.15. The number of hydrogen-bond acceptors (Lipinski definition) is 4. The maximum atomic E-state index is 13.1. The molecule has 2 aromatic rings. The zero-order valence-electron chi connectivity index (χ0n) is 15.6. The van der Waals surface area contributed by atoms with Crippen molar-refractivity contribution in [3.05, 3.63) is 57.5 Å². The molecule has 1 fully saturated rings. The Morgan fingerprint density at radius 3 is 2.56 bits per heavy atom. The summed E-state index contributed by atoms with van der Waals surface area (Å²) in [5.41, 5.74) is 1.65. The van der Waals surface area contributed by atoms with Crippen LogP contribution in [0.5, 0.6) is 0 Å². The summed E-state index contributed by atoms with van der Waals surface area (Å²) >= 11 is 3.33. The van der Waals surface area contributed by atoms with Crippen molar-refractivity contribution in [2.75, 3.05) is 19.6 Å². The van der Waals surface area contributed by atoms with E-state index in [4.69, 9.17) is 0 Å². The highest BCUT2D eigenvalue weighted by Crippen LogP contribution is 2.45. The Kier molecular flexibility index (Phi) is 6.22. The van der Waals surface area contributed by atoms with Crippen LogP contribution >= 0.6 is 23.1 Å². The van der Waals surface area contributed by atoms with Gasteiger partial charge in [0.25, 0.3) is 5.91 Å². The van der Waals surface area contributed by atoms with Gasteiger partial charge < -0.3 is 9.80 Å². The molecule has 1 aliphatic rings. The van der Waals surface area contributed by atoms with Gasteiger partial charge in [-0.1, -0.05) is 0 Å². The van der Waals surface area contributed by atoms with E-state index in [0.717, 1.165) is 0 Å². The van der Waals surface area contributed by atoms with Crippen molar-refractivity contribution < 1.29 is 14.0 Å². The molecule has 27 heavy (non-hydrogen) atoms. The number of hydrogen-bond donors (Lipinski definition) is 0. The molecular formula is C20H23FN2O2S2. The van der Waals surface area contributed by atoms with Gasteiger partial charge in [-0.3, -0.25) is 9.59 Å². The van der Waals surface area contributed by atoms with E-state index in [1.54, 1.807) is 28.0 Å². The van der Waals surface area contributed by atoms with E-state index in [9.17, 15) is 14.0 Å². The average Bonchev–Trinajstić information content (AvgIpc) is 3.20. The number of likely N-dealkylation sites (N-methyl/N-ethyl adjacent to an activating group) is 1. The molecule has 0 unspecified atom stereocenters. The summed E-state index contributed by atoms with van der Waals surface area (Å²) in [6, 6.07) is 7.65. The lowest BCUT2D eigenvalue weighted by Gasteiger charge is -2.28. The molecule has 7 heteroatoms. The molecule has 3 rings (SSSR count). The summed E-state index contributed by atoms with van der Waals surface area (Å²) in [5, 5.41) is 1.97. The highest BCUT2D eigenvalue weighted by molar-refractivity contribution is 8.01. The van der Waals surface area contributed by atoms with Gasteiger partial charge in [0, 0.05) is 30.1 Å². The molecule has 1 aliphatic heterocycles. The van der Waals surface area contributed by atoms with Gasteiger partial charge in [0.05, 0.1) is 5.25 Å². The van der Waals surface area contributed by atoms with Crippen molar-refractivity contribution >= 4 is 34.9 Å². The maximum Gasteiger partial charge on any atom is 0.253 e. The molecule has 2 heterocycles. The minimum atomic E-state index is -0.363. The lowest BCUT2D eigenvalue weighted by Crippen LogP contribution is -2.40. The largest absolute Gasteiger partial charge is 0.337 e. The third kappa shape index (κ3) is 4.19. The molecule has 0 aliphatic carbocycles. The van der Waals surface area contributed by atoms with Crippen molar-refractivity contribution in [1.82, 2.24) is 9.80 Å². The van der Waals surface area contributed by atoms with Crippen LogP contribution in [0.15, 0.2) is 35.7 Å². The molecule has 0 N–H and O–H groups in total. The zero-order valence-corrected chi connectivity index (χ0v) is 17.3. The number of amides is 2. The van der Waals surface area contributed by atoms with Gasteiger partial charge in [0.15, 0.2) is 0 Å².